The van der Waals surface area contributed by atoms with Crippen LogP contribution in [0.25, 0.3) is 0 Å². The number of quaternary nitrogens is 1. The molecule has 2 amide bonds. The smallest absolute Gasteiger partial charge is 0.279 e. The summed E-state index contributed by atoms with van der Waals surface area (Å²) in [6.45, 7) is 4.15. The van der Waals surface area contributed by atoms with Crippen molar-refractivity contribution < 1.29 is 18.9 Å². The fraction of sp³-hybridized carbons (Fsp3) is 0.579. The number of likely N-dealkylation sites (N-methyl/N-ethyl adjacent to an activating group) is 1. The summed E-state index contributed by atoms with van der Waals surface area (Å²) in [4.78, 5) is 25.4. The van der Waals surface area contributed by atoms with Crippen LogP contribution in [0.3, 0.4) is 0 Å². The second-order valence-corrected chi connectivity index (χ2v) is 7.18. The van der Waals surface area contributed by atoms with Crippen molar-refractivity contribution in [2.75, 3.05) is 18.9 Å². The van der Waals surface area contributed by atoms with Gasteiger partial charge in [0.15, 0.2) is 12.6 Å². The molecular formula is C19H29FN3O2+. The van der Waals surface area contributed by atoms with Crippen molar-refractivity contribution in [3.05, 3.63) is 30.1 Å². The van der Waals surface area contributed by atoms with Crippen LogP contribution in [0.15, 0.2) is 24.3 Å². The summed E-state index contributed by atoms with van der Waals surface area (Å²) in [7, 11) is 1.82. The Morgan fingerprint density at radius 2 is 2.04 bits per heavy atom. The van der Waals surface area contributed by atoms with E-state index in [9.17, 15) is 14.0 Å². The lowest BCUT2D eigenvalue weighted by Crippen LogP contribution is -3.15. The van der Waals surface area contributed by atoms with Crippen LogP contribution in [0.4, 0.5) is 10.1 Å². The van der Waals surface area contributed by atoms with E-state index in [0.717, 1.165) is 24.2 Å². The van der Waals surface area contributed by atoms with Crippen molar-refractivity contribution in [2.45, 2.75) is 51.6 Å². The SMILES string of the molecule is C[C@H](C(=O)N[C@@H]1CCCC[C@@H]1C)[NH+](C)CC(=O)Nc1cccc(F)c1. The molecule has 1 aromatic carbocycles. The van der Waals surface area contributed by atoms with Gasteiger partial charge >= 0.3 is 0 Å². The number of halogens is 1. The van der Waals surface area contributed by atoms with Gasteiger partial charge in [0, 0.05) is 11.7 Å². The van der Waals surface area contributed by atoms with E-state index < -0.39 is 5.82 Å². The van der Waals surface area contributed by atoms with Crippen LogP contribution in [0.1, 0.15) is 39.5 Å². The lowest BCUT2D eigenvalue weighted by molar-refractivity contribution is -0.885. The minimum Gasteiger partial charge on any atom is -0.348 e. The van der Waals surface area contributed by atoms with Crippen molar-refractivity contribution in [3.63, 3.8) is 0 Å². The number of nitrogens with one attached hydrogen (secondary N) is 3. The highest BCUT2D eigenvalue weighted by Crippen LogP contribution is 2.23. The Morgan fingerprint density at radius 3 is 2.72 bits per heavy atom. The molecule has 6 heteroatoms. The number of hydrogen-bond donors (Lipinski definition) is 3. The number of carbonyl (C=O) groups is 2. The van der Waals surface area contributed by atoms with Crippen LogP contribution in [-0.4, -0.2) is 37.5 Å². The third-order valence-electron chi connectivity index (χ3n) is 5.12. The maximum atomic E-state index is 13.2. The molecule has 25 heavy (non-hydrogen) atoms. The molecular weight excluding hydrogens is 321 g/mol. The van der Waals surface area contributed by atoms with E-state index in [4.69, 9.17) is 0 Å². The standard InChI is InChI=1S/C19H28FN3O2/c1-13-7-4-5-10-17(13)22-19(25)14(2)23(3)12-18(24)21-16-9-6-8-15(20)11-16/h6,8-9,11,13-14,17H,4-5,7,10,12H2,1-3H3,(H,21,24)(H,22,25)/p+1/t13-,14+,17+/m0/s1. The first kappa shape index (κ1) is 19.4. The molecule has 0 saturated heterocycles. The molecule has 0 bridgehead atoms. The quantitative estimate of drug-likeness (QED) is 0.725. The Morgan fingerprint density at radius 1 is 1.32 bits per heavy atom. The first-order valence-electron chi connectivity index (χ1n) is 9.05. The molecule has 0 heterocycles. The molecule has 1 fully saturated rings. The van der Waals surface area contributed by atoms with Crippen LogP contribution < -0.4 is 15.5 Å². The minimum absolute atomic E-state index is 0.0187. The number of anilines is 1. The normalized spacial score (nSPS) is 22.7. The average molecular weight is 350 g/mol. The fourth-order valence-corrected chi connectivity index (χ4v) is 3.24. The summed E-state index contributed by atoms with van der Waals surface area (Å²) < 4.78 is 13.2. The molecule has 4 atom stereocenters. The summed E-state index contributed by atoms with van der Waals surface area (Å²) in [5.41, 5.74) is 0.422. The molecule has 1 aromatic rings. The Hall–Kier alpha value is -1.95. The molecule has 138 valence electrons. The van der Waals surface area contributed by atoms with Gasteiger partial charge in [-0.3, -0.25) is 9.59 Å². The van der Waals surface area contributed by atoms with Crippen LogP contribution in [-0.2, 0) is 9.59 Å². The molecule has 0 aliphatic heterocycles. The monoisotopic (exact) mass is 350 g/mol. The van der Waals surface area contributed by atoms with Gasteiger partial charge in [0.1, 0.15) is 5.82 Å². The van der Waals surface area contributed by atoms with Crippen molar-refractivity contribution in [1.29, 1.82) is 0 Å². The maximum Gasteiger partial charge on any atom is 0.279 e. The molecule has 0 radical (unpaired) electrons. The number of amides is 2. The lowest BCUT2D eigenvalue weighted by Gasteiger charge is -2.31. The third kappa shape index (κ3) is 5.81. The molecule has 3 N–H and O–H groups in total. The van der Waals surface area contributed by atoms with Gasteiger partial charge in [0.25, 0.3) is 11.8 Å². The van der Waals surface area contributed by atoms with E-state index in [-0.39, 0.29) is 30.4 Å². The second kappa shape index (κ2) is 8.94. The highest BCUT2D eigenvalue weighted by molar-refractivity contribution is 5.91. The van der Waals surface area contributed by atoms with Crippen LogP contribution in [0.5, 0.6) is 0 Å². The topological polar surface area (TPSA) is 62.6 Å². The summed E-state index contributed by atoms with van der Waals surface area (Å²) in [6.07, 6.45) is 4.56. The number of carbonyl (C=O) groups excluding carboxylic acids is 2. The largest absolute Gasteiger partial charge is 0.348 e. The van der Waals surface area contributed by atoms with Gasteiger partial charge in [-0.05, 0) is 43.9 Å². The van der Waals surface area contributed by atoms with E-state index >= 15 is 0 Å². The van der Waals surface area contributed by atoms with E-state index in [1.165, 1.54) is 18.6 Å². The van der Waals surface area contributed by atoms with Crippen LogP contribution >= 0.6 is 0 Å². The summed E-state index contributed by atoms with van der Waals surface area (Å²) in [5.74, 6) is -0.155. The van der Waals surface area contributed by atoms with Gasteiger partial charge in [-0.1, -0.05) is 25.8 Å². The molecule has 1 aliphatic carbocycles. The van der Waals surface area contributed by atoms with Crippen molar-refractivity contribution in [3.8, 4) is 0 Å². The fourth-order valence-electron chi connectivity index (χ4n) is 3.24. The number of hydrogen-bond acceptors (Lipinski definition) is 2. The Balaban J connectivity index is 1.83. The Labute approximate surface area is 149 Å². The summed E-state index contributed by atoms with van der Waals surface area (Å²) in [5, 5.41) is 5.80. The molecule has 1 saturated carbocycles. The van der Waals surface area contributed by atoms with Crippen LogP contribution in [0, 0.1) is 11.7 Å². The van der Waals surface area contributed by atoms with Gasteiger partial charge in [-0.25, -0.2) is 4.39 Å². The molecule has 1 aliphatic rings. The van der Waals surface area contributed by atoms with Gasteiger partial charge in [-0.15, -0.1) is 0 Å². The van der Waals surface area contributed by atoms with Gasteiger partial charge in [-0.2, -0.15) is 0 Å². The Kier molecular flexibility index (Phi) is 6.93. The first-order chi connectivity index (χ1) is 11.9. The van der Waals surface area contributed by atoms with Crippen molar-refractivity contribution >= 4 is 17.5 Å². The van der Waals surface area contributed by atoms with Crippen molar-refractivity contribution in [2.24, 2.45) is 5.92 Å². The average Bonchev–Trinajstić information content (AvgIpc) is 2.56. The zero-order chi connectivity index (χ0) is 18.4. The van der Waals surface area contributed by atoms with E-state index in [2.05, 4.69) is 17.6 Å². The van der Waals surface area contributed by atoms with E-state index in [1.807, 2.05) is 14.0 Å². The molecule has 1 unspecified atom stereocenters. The molecule has 5 nitrogen and oxygen atoms in total. The second-order valence-electron chi connectivity index (χ2n) is 7.18. The highest BCUT2D eigenvalue weighted by atomic mass is 19.1. The maximum absolute atomic E-state index is 13.2. The van der Waals surface area contributed by atoms with Gasteiger partial charge in [0.05, 0.1) is 7.05 Å². The third-order valence-corrected chi connectivity index (χ3v) is 5.12. The highest BCUT2D eigenvalue weighted by Gasteiger charge is 2.29. The summed E-state index contributed by atoms with van der Waals surface area (Å²) in [6, 6.07) is 5.68. The van der Waals surface area contributed by atoms with Gasteiger partial charge in [0.2, 0.25) is 0 Å². The predicted molar refractivity (Wildman–Crippen MR) is 95.8 cm³/mol. The van der Waals surface area contributed by atoms with Gasteiger partial charge < -0.3 is 15.5 Å². The zero-order valence-electron chi connectivity index (χ0n) is 15.3. The predicted octanol–water partition coefficient (Wildman–Crippen LogP) is 1.36. The summed E-state index contributed by atoms with van der Waals surface area (Å²) >= 11 is 0. The zero-order valence-corrected chi connectivity index (χ0v) is 15.3. The number of benzene rings is 1. The molecule has 2 rings (SSSR count). The molecule has 0 spiro atoms. The lowest BCUT2D eigenvalue weighted by atomic mass is 9.86. The minimum atomic E-state index is -0.396. The number of rotatable bonds is 6. The van der Waals surface area contributed by atoms with Crippen LogP contribution in [0.2, 0.25) is 0 Å². The first-order valence-corrected chi connectivity index (χ1v) is 9.05. The van der Waals surface area contributed by atoms with E-state index in [1.54, 1.807) is 12.1 Å². The van der Waals surface area contributed by atoms with E-state index in [0.29, 0.717) is 11.6 Å². The Bertz CT molecular complexity index is 608. The molecule has 0 aromatic heterocycles. The van der Waals surface area contributed by atoms with Crippen molar-refractivity contribution in [1.82, 2.24) is 5.32 Å².